The van der Waals surface area contributed by atoms with Crippen molar-refractivity contribution < 1.29 is 21.6 Å². The molecule has 0 N–H and O–H groups in total. The third-order valence-electron chi connectivity index (χ3n) is 3.94. The fourth-order valence-electron chi connectivity index (χ4n) is 2.58. The van der Waals surface area contributed by atoms with Gasteiger partial charge in [0.2, 0.25) is 10.0 Å². The predicted molar refractivity (Wildman–Crippen MR) is 85.1 cm³/mol. The molecule has 124 valence electrons. The quantitative estimate of drug-likeness (QED) is 0.795. The molecular weight excluding hydrogens is 326 g/mol. The molecule has 1 fully saturated rings. The molecule has 0 atom stereocenters. The van der Waals surface area contributed by atoms with E-state index in [1.807, 2.05) is 18.2 Å². The molecule has 0 unspecified atom stereocenters. The van der Waals surface area contributed by atoms with E-state index in [1.54, 1.807) is 13.2 Å². The summed E-state index contributed by atoms with van der Waals surface area (Å²) in [5.74, 6) is 0.523. The molecule has 0 saturated carbocycles. The summed E-state index contributed by atoms with van der Waals surface area (Å²) in [5, 5.41) is -0.629. The minimum absolute atomic E-state index is 0.0562. The molecule has 0 bridgehead atoms. The highest BCUT2D eigenvalue weighted by Gasteiger charge is 2.35. The minimum atomic E-state index is -3.52. The summed E-state index contributed by atoms with van der Waals surface area (Å²) in [7, 11) is -3.54. The lowest BCUT2D eigenvalue weighted by Gasteiger charge is -2.27. The number of nitrogens with zero attached hydrogens (tertiary/aromatic N) is 1. The summed E-state index contributed by atoms with van der Waals surface area (Å²) < 4.78 is 54.6. The number of sulfonamides is 1. The summed E-state index contributed by atoms with van der Waals surface area (Å²) in [5.41, 5.74) is 0.777. The Morgan fingerprint density at radius 1 is 1.23 bits per heavy atom. The molecule has 1 aromatic rings. The van der Waals surface area contributed by atoms with Crippen molar-refractivity contribution in [3.8, 4) is 5.75 Å². The van der Waals surface area contributed by atoms with Crippen LogP contribution in [-0.2, 0) is 26.4 Å². The fraction of sp³-hybridized carbons (Fsp3) is 0.571. The van der Waals surface area contributed by atoms with Crippen LogP contribution in [0.5, 0.6) is 5.75 Å². The van der Waals surface area contributed by atoms with Gasteiger partial charge in [0.05, 0.1) is 23.9 Å². The van der Waals surface area contributed by atoms with Crippen LogP contribution >= 0.6 is 0 Å². The van der Waals surface area contributed by atoms with E-state index < -0.39 is 25.1 Å². The first kappa shape index (κ1) is 17.2. The lowest BCUT2D eigenvalue weighted by atomic mass is 10.2. The Hall–Kier alpha value is -1.12. The van der Waals surface area contributed by atoms with Crippen molar-refractivity contribution in [2.75, 3.05) is 25.7 Å². The topological polar surface area (TPSA) is 80.8 Å². The molecule has 1 aliphatic rings. The van der Waals surface area contributed by atoms with Crippen molar-refractivity contribution in [3.63, 3.8) is 0 Å². The van der Waals surface area contributed by atoms with Crippen molar-refractivity contribution in [1.82, 2.24) is 4.31 Å². The number of benzene rings is 1. The highest BCUT2D eigenvalue weighted by molar-refractivity contribution is 7.92. The number of rotatable bonds is 5. The third-order valence-corrected chi connectivity index (χ3v) is 7.97. The number of sulfone groups is 1. The van der Waals surface area contributed by atoms with Crippen LogP contribution in [0.25, 0.3) is 0 Å². The molecule has 6 nitrogen and oxygen atoms in total. The molecule has 1 saturated heterocycles. The number of hydrogen-bond donors (Lipinski definition) is 0. The van der Waals surface area contributed by atoms with Gasteiger partial charge in [-0.3, -0.25) is 0 Å². The lowest BCUT2D eigenvalue weighted by molar-refractivity contribution is 0.396. The molecule has 1 heterocycles. The van der Waals surface area contributed by atoms with Gasteiger partial charge in [0.25, 0.3) is 0 Å². The van der Waals surface area contributed by atoms with Crippen LogP contribution in [0.3, 0.4) is 0 Å². The van der Waals surface area contributed by atoms with Crippen molar-refractivity contribution in [2.45, 2.75) is 24.6 Å². The van der Waals surface area contributed by atoms with Crippen LogP contribution in [0.2, 0.25) is 0 Å². The maximum atomic E-state index is 12.6. The molecule has 0 aromatic heterocycles. The molecule has 2 rings (SSSR count). The van der Waals surface area contributed by atoms with Crippen molar-refractivity contribution in [1.29, 1.82) is 0 Å². The molecular formula is C14H21NO5S2. The van der Waals surface area contributed by atoms with Crippen LogP contribution in [-0.4, -0.2) is 52.1 Å². The smallest absolute Gasteiger partial charge is 0.217 e. The summed E-state index contributed by atoms with van der Waals surface area (Å²) in [6, 6.07) is 7.24. The first-order valence-corrected chi connectivity index (χ1v) is 10.4. The second-order valence-electron chi connectivity index (χ2n) is 5.46. The average molecular weight is 347 g/mol. The molecule has 0 amide bonds. The Kier molecular flexibility index (Phi) is 5.14. The Balaban J connectivity index is 2.12. The molecule has 8 heteroatoms. The van der Waals surface area contributed by atoms with Gasteiger partial charge in [-0.1, -0.05) is 18.2 Å². The van der Waals surface area contributed by atoms with Crippen LogP contribution < -0.4 is 4.74 Å². The zero-order valence-corrected chi connectivity index (χ0v) is 14.4. The van der Waals surface area contributed by atoms with Gasteiger partial charge in [0.1, 0.15) is 15.6 Å². The summed E-state index contributed by atoms with van der Waals surface area (Å²) in [4.78, 5) is 0. The van der Waals surface area contributed by atoms with E-state index in [9.17, 15) is 16.8 Å². The molecule has 0 spiro atoms. The van der Waals surface area contributed by atoms with Crippen LogP contribution in [0.15, 0.2) is 24.3 Å². The Labute approximate surface area is 132 Å². The van der Waals surface area contributed by atoms with E-state index in [4.69, 9.17) is 4.74 Å². The van der Waals surface area contributed by atoms with Gasteiger partial charge in [-0.2, -0.15) is 0 Å². The first-order chi connectivity index (χ1) is 10.3. The van der Waals surface area contributed by atoms with E-state index >= 15 is 0 Å². The second kappa shape index (κ2) is 6.55. The zero-order valence-electron chi connectivity index (χ0n) is 12.7. The Bertz CT molecular complexity index is 713. The van der Waals surface area contributed by atoms with Gasteiger partial charge in [0, 0.05) is 19.2 Å². The van der Waals surface area contributed by atoms with Gasteiger partial charge in [0.15, 0.2) is 0 Å². The molecule has 1 aliphatic heterocycles. The lowest BCUT2D eigenvalue weighted by Crippen LogP contribution is -2.40. The van der Waals surface area contributed by atoms with Crippen LogP contribution in [0.4, 0.5) is 0 Å². The first-order valence-electron chi connectivity index (χ1n) is 7.04. The fourth-order valence-corrected chi connectivity index (χ4v) is 6.03. The van der Waals surface area contributed by atoms with E-state index in [2.05, 4.69) is 0 Å². The maximum Gasteiger partial charge on any atom is 0.217 e. The van der Waals surface area contributed by atoms with Gasteiger partial charge in [-0.25, -0.2) is 21.1 Å². The molecule has 0 radical (unpaired) electrons. The van der Waals surface area contributed by atoms with Gasteiger partial charge >= 0.3 is 0 Å². The summed E-state index contributed by atoms with van der Waals surface area (Å²) >= 11 is 0. The second-order valence-corrected chi connectivity index (χ2v) is 10.1. The SMILES string of the molecule is COc1ccccc1CN(C)S(=O)(=O)C1CCS(=O)(=O)CC1. The summed E-state index contributed by atoms with van der Waals surface area (Å²) in [6.45, 7) is 0.204. The number of hydrogen-bond acceptors (Lipinski definition) is 5. The number of methoxy groups -OCH3 is 1. The van der Waals surface area contributed by atoms with Gasteiger partial charge < -0.3 is 4.74 Å². The van der Waals surface area contributed by atoms with E-state index in [1.165, 1.54) is 11.4 Å². The van der Waals surface area contributed by atoms with Crippen LogP contribution in [0, 0.1) is 0 Å². The normalized spacial score (nSPS) is 19.2. The number of para-hydroxylation sites is 1. The Morgan fingerprint density at radius 2 is 1.82 bits per heavy atom. The van der Waals surface area contributed by atoms with Crippen molar-refractivity contribution in [2.24, 2.45) is 0 Å². The minimum Gasteiger partial charge on any atom is -0.496 e. The average Bonchev–Trinajstić information content (AvgIpc) is 2.47. The molecule has 1 aromatic carbocycles. The molecule has 22 heavy (non-hydrogen) atoms. The van der Waals surface area contributed by atoms with Crippen molar-refractivity contribution >= 4 is 19.9 Å². The predicted octanol–water partition coefficient (Wildman–Crippen LogP) is 1.03. The number of ether oxygens (including phenoxy) is 1. The van der Waals surface area contributed by atoms with Crippen molar-refractivity contribution in [3.05, 3.63) is 29.8 Å². The van der Waals surface area contributed by atoms with E-state index in [0.717, 1.165) is 5.56 Å². The zero-order chi connectivity index (χ0) is 16.4. The monoisotopic (exact) mass is 347 g/mol. The highest BCUT2D eigenvalue weighted by atomic mass is 32.2. The van der Waals surface area contributed by atoms with Crippen LogP contribution in [0.1, 0.15) is 18.4 Å². The Morgan fingerprint density at radius 3 is 2.41 bits per heavy atom. The van der Waals surface area contributed by atoms with E-state index in [-0.39, 0.29) is 30.9 Å². The largest absolute Gasteiger partial charge is 0.496 e. The summed E-state index contributed by atoms with van der Waals surface area (Å²) in [6.07, 6.45) is 0.335. The maximum absolute atomic E-state index is 12.6. The van der Waals surface area contributed by atoms with Gasteiger partial charge in [-0.05, 0) is 18.9 Å². The van der Waals surface area contributed by atoms with E-state index in [0.29, 0.717) is 5.75 Å². The third kappa shape index (κ3) is 3.80. The molecule has 0 aliphatic carbocycles. The van der Waals surface area contributed by atoms with Gasteiger partial charge in [-0.15, -0.1) is 0 Å². The highest BCUT2D eigenvalue weighted by Crippen LogP contribution is 2.25. The standard InChI is InChI=1S/C14H21NO5S2/c1-15(11-12-5-3-4-6-14(12)20-2)22(18,19)13-7-9-21(16,17)10-8-13/h3-6,13H,7-11H2,1-2H3.